The fourth-order valence-corrected chi connectivity index (χ4v) is 5.34. The monoisotopic (exact) mass is 578 g/mol. The maximum absolute atomic E-state index is 13.6. The Bertz CT molecular complexity index is 1520. The standard InChI is InChI=1S/C34H38N6O3/c1-2-38-29-16-27(17-30(18-29)40-13-7-12-33(40)42)34(43)39-31(15-24-8-4-3-5-9-24)32(41)22-35-19-25-10-6-11-26(14-25)28-20-36-23-37-21-28/h3-6,8-11,14,16-18,20-21,23,31-32,35,38,41H,2,7,12-13,15,19,22H2,1H3,(H,39,43)/t31-,32+/m0/s1. The molecule has 43 heavy (non-hydrogen) atoms. The molecule has 0 spiro atoms. The van der Waals surface area contributed by atoms with E-state index >= 15 is 0 Å². The number of nitrogens with one attached hydrogen (secondary N) is 3. The van der Waals surface area contributed by atoms with Gasteiger partial charge in [-0.05, 0) is 60.7 Å². The molecule has 2 amide bonds. The Morgan fingerprint density at radius 1 is 0.977 bits per heavy atom. The van der Waals surface area contributed by atoms with Crippen molar-refractivity contribution in [3.8, 4) is 11.1 Å². The number of aromatic nitrogens is 2. The van der Waals surface area contributed by atoms with E-state index in [4.69, 9.17) is 0 Å². The first-order chi connectivity index (χ1) is 21.0. The molecular formula is C34H38N6O3. The summed E-state index contributed by atoms with van der Waals surface area (Å²) < 4.78 is 0. The second kappa shape index (κ2) is 14.5. The van der Waals surface area contributed by atoms with E-state index in [1.54, 1.807) is 29.4 Å². The van der Waals surface area contributed by atoms with Crippen LogP contribution in [-0.4, -0.2) is 58.7 Å². The summed E-state index contributed by atoms with van der Waals surface area (Å²) in [5.74, 6) is -0.239. The van der Waals surface area contributed by atoms with Gasteiger partial charge in [0.25, 0.3) is 5.91 Å². The van der Waals surface area contributed by atoms with Gasteiger partial charge < -0.3 is 26.0 Å². The van der Waals surface area contributed by atoms with Crippen LogP contribution in [0.2, 0.25) is 0 Å². The maximum atomic E-state index is 13.6. The molecule has 1 saturated heterocycles. The molecule has 0 aliphatic carbocycles. The first-order valence-corrected chi connectivity index (χ1v) is 14.8. The van der Waals surface area contributed by atoms with Gasteiger partial charge in [-0.1, -0.05) is 48.5 Å². The van der Waals surface area contributed by atoms with E-state index in [1.165, 1.54) is 6.33 Å². The summed E-state index contributed by atoms with van der Waals surface area (Å²) in [5.41, 5.74) is 5.94. The van der Waals surface area contributed by atoms with Crippen LogP contribution in [0.1, 0.15) is 41.3 Å². The van der Waals surface area contributed by atoms with Gasteiger partial charge in [0, 0.05) is 67.5 Å². The zero-order valence-electron chi connectivity index (χ0n) is 24.4. The minimum absolute atomic E-state index is 0.0612. The molecule has 1 aliphatic rings. The van der Waals surface area contributed by atoms with Crippen molar-refractivity contribution in [1.82, 2.24) is 20.6 Å². The lowest BCUT2D eigenvalue weighted by molar-refractivity contribution is -0.117. The summed E-state index contributed by atoms with van der Waals surface area (Å²) in [6, 6.07) is 22.8. The zero-order chi connectivity index (χ0) is 30.0. The van der Waals surface area contributed by atoms with Gasteiger partial charge in [-0.25, -0.2) is 9.97 Å². The Balaban J connectivity index is 1.29. The number of carbonyl (C=O) groups excluding carboxylic acids is 2. The summed E-state index contributed by atoms with van der Waals surface area (Å²) in [5, 5.41) is 21.0. The number of nitrogens with zero attached hydrogens (tertiary/aromatic N) is 3. The third-order valence-electron chi connectivity index (χ3n) is 7.53. The fraction of sp³-hybridized carbons (Fsp3) is 0.294. The number of carbonyl (C=O) groups is 2. The molecule has 2 atom stereocenters. The van der Waals surface area contributed by atoms with Crippen LogP contribution in [0.3, 0.4) is 0 Å². The van der Waals surface area contributed by atoms with Gasteiger partial charge >= 0.3 is 0 Å². The minimum Gasteiger partial charge on any atom is -0.390 e. The highest BCUT2D eigenvalue weighted by Crippen LogP contribution is 2.27. The Morgan fingerprint density at radius 2 is 1.77 bits per heavy atom. The molecule has 3 aromatic carbocycles. The number of hydrogen-bond donors (Lipinski definition) is 4. The van der Waals surface area contributed by atoms with Crippen LogP contribution in [0.25, 0.3) is 11.1 Å². The Kier molecular flexibility index (Phi) is 10.1. The smallest absolute Gasteiger partial charge is 0.251 e. The molecule has 1 fully saturated rings. The molecule has 0 radical (unpaired) electrons. The average Bonchev–Trinajstić information content (AvgIpc) is 3.47. The SMILES string of the molecule is CCNc1cc(C(=O)N[C@@H](Cc2ccccc2)[C@H](O)CNCc2cccc(-c3cncnc3)c2)cc(N2CCCC2=O)c1. The summed E-state index contributed by atoms with van der Waals surface area (Å²) in [6.07, 6.45) is 5.98. The molecule has 5 rings (SSSR count). The zero-order valence-corrected chi connectivity index (χ0v) is 24.4. The van der Waals surface area contributed by atoms with Crippen molar-refractivity contribution in [1.29, 1.82) is 0 Å². The highest BCUT2D eigenvalue weighted by Gasteiger charge is 2.26. The first kappa shape index (κ1) is 29.9. The van der Waals surface area contributed by atoms with Gasteiger partial charge in [0.15, 0.2) is 0 Å². The molecule has 4 N–H and O–H groups in total. The van der Waals surface area contributed by atoms with Crippen molar-refractivity contribution in [3.63, 3.8) is 0 Å². The number of hydrogen-bond acceptors (Lipinski definition) is 7. The van der Waals surface area contributed by atoms with Crippen LogP contribution in [0.5, 0.6) is 0 Å². The molecule has 0 bridgehead atoms. The van der Waals surface area contributed by atoms with Crippen molar-refractivity contribution >= 4 is 23.2 Å². The van der Waals surface area contributed by atoms with Gasteiger partial charge in [0.2, 0.25) is 5.91 Å². The maximum Gasteiger partial charge on any atom is 0.251 e. The third kappa shape index (κ3) is 8.03. The Hall–Kier alpha value is -4.60. The number of anilines is 2. The van der Waals surface area contributed by atoms with Gasteiger partial charge in [-0.3, -0.25) is 9.59 Å². The second-order valence-corrected chi connectivity index (χ2v) is 10.7. The van der Waals surface area contributed by atoms with Crippen LogP contribution >= 0.6 is 0 Å². The first-order valence-electron chi connectivity index (χ1n) is 14.8. The molecular weight excluding hydrogens is 540 g/mol. The number of aliphatic hydroxyl groups excluding tert-OH is 1. The molecule has 0 saturated carbocycles. The second-order valence-electron chi connectivity index (χ2n) is 10.7. The van der Waals surface area contributed by atoms with Crippen LogP contribution < -0.4 is 20.9 Å². The molecule has 2 heterocycles. The summed E-state index contributed by atoms with van der Waals surface area (Å²) in [4.78, 5) is 36.0. The van der Waals surface area contributed by atoms with Crippen molar-refractivity contribution in [2.24, 2.45) is 0 Å². The van der Waals surface area contributed by atoms with E-state index in [1.807, 2.05) is 61.5 Å². The molecule has 0 unspecified atom stereocenters. The van der Waals surface area contributed by atoms with E-state index in [-0.39, 0.29) is 18.4 Å². The summed E-state index contributed by atoms with van der Waals surface area (Å²) in [6.45, 7) is 4.13. The normalized spacial score (nSPS) is 14.4. The van der Waals surface area contributed by atoms with E-state index < -0.39 is 12.1 Å². The molecule has 1 aliphatic heterocycles. The number of rotatable bonds is 13. The van der Waals surface area contributed by atoms with Crippen LogP contribution in [0, 0.1) is 0 Å². The van der Waals surface area contributed by atoms with Crippen molar-refractivity contribution < 1.29 is 14.7 Å². The number of amides is 2. The lowest BCUT2D eigenvalue weighted by Gasteiger charge is -2.25. The van der Waals surface area contributed by atoms with Crippen LogP contribution in [0.15, 0.2) is 91.5 Å². The lowest BCUT2D eigenvalue weighted by Crippen LogP contribution is -2.48. The lowest BCUT2D eigenvalue weighted by atomic mass is 10.00. The number of aliphatic hydroxyl groups is 1. The van der Waals surface area contributed by atoms with Gasteiger partial charge in [0.1, 0.15) is 6.33 Å². The molecule has 222 valence electrons. The topological polar surface area (TPSA) is 119 Å². The Labute approximate surface area is 252 Å². The number of benzene rings is 3. The fourth-order valence-electron chi connectivity index (χ4n) is 5.34. The molecule has 4 aromatic rings. The predicted molar refractivity (Wildman–Crippen MR) is 169 cm³/mol. The summed E-state index contributed by atoms with van der Waals surface area (Å²) in [7, 11) is 0. The Morgan fingerprint density at radius 3 is 2.51 bits per heavy atom. The van der Waals surface area contributed by atoms with E-state index in [9.17, 15) is 14.7 Å². The van der Waals surface area contributed by atoms with Crippen molar-refractivity contribution in [2.75, 3.05) is 29.9 Å². The van der Waals surface area contributed by atoms with Gasteiger partial charge in [0.05, 0.1) is 12.1 Å². The highest BCUT2D eigenvalue weighted by molar-refractivity contribution is 6.00. The van der Waals surface area contributed by atoms with Crippen molar-refractivity contribution in [3.05, 3.63) is 108 Å². The van der Waals surface area contributed by atoms with Crippen LogP contribution in [0.4, 0.5) is 11.4 Å². The van der Waals surface area contributed by atoms with E-state index in [2.05, 4.69) is 32.0 Å². The molecule has 9 heteroatoms. The average molecular weight is 579 g/mol. The summed E-state index contributed by atoms with van der Waals surface area (Å²) >= 11 is 0. The third-order valence-corrected chi connectivity index (χ3v) is 7.53. The van der Waals surface area contributed by atoms with E-state index in [0.29, 0.717) is 43.7 Å². The predicted octanol–water partition coefficient (Wildman–Crippen LogP) is 4.19. The van der Waals surface area contributed by atoms with Crippen molar-refractivity contribution in [2.45, 2.75) is 44.9 Å². The molecule has 9 nitrogen and oxygen atoms in total. The minimum atomic E-state index is -0.855. The largest absolute Gasteiger partial charge is 0.390 e. The van der Waals surface area contributed by atoms with E-state index in [0.717, 1.165) is 34.4 Å². The quantitative estimate of drug-likeness (QED) is 0.188. The molecule has 1 aromatic heterocycles. The van der Waals surface area contributed by atoms with Gasteiger partial charge in [-0.15, -0.1) is 0 Å². The van der Waals surface area contributed by atoms with Gasteiger partial charge in [-0.2, -0.15) is 0 Å². The van der Waals surface area contributed by atoms with Crippen LogP contribution in [-0.2, 0) is 17.8 Å². The highest BCUT2D eigenvalue weighted by atomic mass is 16.3.